The van der Waals surface area contributed by atoms with E-state index in [4.69, 9.17) is 10.9 Å². The first kappa shape index (κ1) is 12.8. The van der Waals surface area contributed by atoms with Crippen molar-refractivity contribution in [3.63, 3.8) is 0 Å². The molecular formula is C12H18N4O2. The topological polar surface area (TPSA) is 91.5 Å². The van der Waals surface area contributed by atoms with Gasteiger partial charge in [0, 0.05) is 32.1 Å². The number of likely N-dealkylation sites (tertiary alicyclic amines) is 1. The SMILES string of the molecule is NNc1ccncc1C(=O)N1CCC(CO)CC1. The number of hydrazine groups is 1. The minimum Gasteiger partial charge on any atom is -0.396 e. The van der Waals surface area contributed by atoms with Crippen molar-refractivity contribution in [3.8, 4) is 0 Å². The van der Waals surface area contributed by atoms with Crippen molar-refractivity contribution in [2.24, 2.45) is 11.8 Å². The van der Waals surface area contributed by atoms with Crippen LogP contribution < -0.4 is 11.3 Å². The molecule has 1 saturated heterocycles. The molecule has 1 aliphatic rings. The summed E-state index contributed by atoms with van der Waals surface area (Å²) in [5, 5.41) is 9.08. The fourth-order valence-electron chi connectivity index (χ4n) is 2.18. The number of nitrogens with zero attached hydrogens (tertiary/aromatic N) is 2. The summed E-state index contributed by atoms with van der Waals surface area (Å²) in [4.78, 5) is 18.0. The smallest absolute Gasteiger partial charge is 0.257 e. The van der Waals surface area contributed by atoms with Crippen molar-refractivity contribution in [2.75, 3.05) is 25.1 Å². The van der Waals surface area contributed by atoms with Gasteiger partial charge in [0.2, 0.25) is 0 Å². The molecule has 0 bridgehead atoms. The summed E-state index contributed by atoms with van der Waals surface area (Å²) in [6.45, 7) is 1.54. The number of hydrogen-bond acceptors (Lipinski definition) is 5. The van der Waals surface area contributed by atoms with Gasteiger partial charge in [-0.05, 0) is 24.8 Å². The highest BCUT2D eigenvalue weighted by atomic mass is 16.3. The Hall–Kier alpha value is -1.66. The van der Waals surface area contributed by atoms with Crippen LogP contribution in [0.3, 0.4) is 0 Å². The number of anilines is 1. The number of aliphatic hydroxyl groups excluding tert-OH is 1. The van der Waals surface area contributed by atoms with Gasteiger partial charge in [-0.25, -0.2) is 0 Å². The lowest BCUT2D eigenvalue weighted by molar-refractivity contribution is 0.0651. The number of nitrogens with two attached hydrogens (primary N) is 1. The molecule has 1 amide bonds. The predicted molar refractivity (Wildman–Crippen MR) is 67.8 cm³/mol. The van der Waals surface area contributed by atoms with E-state index in [1.54, 1.807) is 17.2 Å². The summed E-state index contributed by atoms with van der Waals surface area (Å²) < 4.78 is 0. The van der Waals surface area contributed by atoms with Crippen molar-refractivity contribution in [1.29, 1.82) is 0 Å². The number of hydrogen-bond donors (Lipinski definition) is 3. The van der Waals surface area contributed by atoms with Crippen LogP contribution in [0.4, 0.5) is 5.69 Å². The van der Waals surface area contributed by atoms with Gasteiger partial charge in [-0.15, -0.1) is 0 Å². The third-order valence-electron chi connectivity index (χ3n) is 3.37. The van der Waals surface area contributed by atoms with Crippen molar-refractivity contribution in [1.82, 2.24) is 9.88 Å². The average molecular weight is 250 g/mol. The molecule has 0 unspecified atom stereocenters. The normalized spacial score (nSPS) is 16.7. The van der Waals surface area contributed by atoms with Gasteiger partial charge < -0.3 is 15.4 Å². The van der Waals surface area contributed by atoms with Crippen LogP contribution in [0.5, 0.6) is 0 Å². The van der Waals surface area contributed by atoms with E-state index in [0.29, 0.717) is 30.3 Å². The Kier molecular flexibility index (Phi) is 4.11. The third-order valence-corrected chi connectivity index (χ3v) is 3.37. The van der Waals surface area contributed by atoms with Crippen LogP contribution >= 0.6 is 0 Å². The Morgan fingerprint density at radius 3 is 2.89 bits per heavy atom. The molecule has 6 nitrogen and oxygen atoms in total. The molecule has 0 aromatic carbocycles. The molecule has 4 N–H and O–H groups in total. The Balaban J connectivity index is 2.08. The first-order chi connectivity index (χ1) is 8.76. The minimum absolute atomic E-state index is 0.0626. The van der Waals surface area contributed by atoms with Crippen LogP contribution in [0.1, 0.15) is 23.2 Å². The number of aliphatic hydroxyl groups is 1. The van der Waals surface area contributed by atoms with Gasteiger partial charge in [-0.2, -0.15) is 0 Å². The number of amides is 1. The predicted octanol–water partition coefficient (Wildman–Crippen LogP) is 0.212. The highest BCUT2D eigenvalue weighted by Crippen LogP contribution is 2.20. The Morgan fingerprint density at radius 1 is 1.56 bits per heavy atom. The lowest BCUT2D eigenvalue weighted by Gasteiger charge is -2.31. The van der Waals surface area contributed by atoms with E-state index >= 15 is 0 Å². The lowest BCUT2D eigenvalue weighted by Crippen LogP contribution is -2.39. The average Bonchev–Trinajstić information content (AvgIpc) is 2.46. The molecule has 0 radical (unpaired) electrons. The van der Waals surface area contributed by atoms with Gasteiger partial charge in [-0.3, -0.25) is 15.6 Å². The van der Waals surface area contributed by atoms with Crippen molar-refractivity contribution >= 4 is 11.6 Å². The summed E-state index contributed by atoms with van der Waals surface area (Å²) >= 11 is 0. The summed E-state index contributed by atoms with van der Waals surface area (Å²) in [6.07, 6.45) is 4.79. The molecule has 1 aromatic rings. The molecule has 6 heteroatoms. The molecule has 0 saturated carbocycles. The van der Waals surface area contributed by atoms with Gasteiger partial charge in [0.1, 0.15) is 0 Å². The van der Waals surface area contributed by atoms with Crippen molar-refractivity contribution in [2.45, 2.75) is 12.8 Å². The fourth-order valence-corrected chi connectivity index (χ4v) is 2.18. The molecule has 2 heterocycles. The van der Waals surface area contributed by atoms with E-state index in [9.17, 15) is 4.79 Å². The van der Waals surface area contributed by atoms with Crippen molar-refractivity contribution in [3.05, 3.63) is 24.0 Å². The van der Waals surface area contributed by atoms with Crippen LogP contribution in [-0.2, 0) is 0 Å². The van der Waals surface area contributed by atoms with E-state index < -0.39 is 0 Å². The second kappa shape index (κ2) is 5.79. The molecule has 0 aliphatic carbocycles. The Morgan fingerprint density at radius 2 is 2.28 bits per heavy atom. The maximum Gasteiger partial charge on any atom is 0.257 e. The van der Waals surface area contributed by atoms with Crippen LogP contribution in [0.15, 0.2) is 18.5 Å². The summed E-state index contributed by atoms with van der Waals surface area (Å²) in [6, 6.07) is 1.67. The molecule has 1 fully saturated rings. The first-order valence-electron chi connectivity index (χ1n) is 6.07. The van der Waals surface area contributed by atoms with Gasteiger partial charge in [0.25, 0.3) is 5.91 Å². The Bertz CT molecular complexity index is 416. The maximum absolute atomic E-state index is 12.3. The highest BCUT2D eigenvalue weighted by molar-refractivity contribution is 5.99. The second-order valence-corrected chi connectivity index (χ2v) is 4.48. The summed E-state index contributed by atoms with van der Waals surface area (Å²) in [7, 11) is 0. The highest BCUT2D eigenvalue weighted by Gasteiger charge is 2.24. The standard InChI is InChI=1S/C12H18N4O2/c13-15-11-1-4-14-7-10(11)12(18)16-5-2-9(8-17)3-6-16/h1,4,7,9,17H,2-3,5-6,8,13H2,(H,14,15). The van der Waals surface area contributed by atoms with Crippen molar-refractivity contribution < 1.29 is 9.90 Å². The molecule has 0 atom stereocenters. The van der Waals surface area contributed by atoms with E-state index in [0.717, 1.165) is 12.8 Å². The van der Waals surface area contributed by atoms with E-state index in [2.05, 4.69) is 10.4 Å². The van der Waals surface area contributed by atoms with E-state index in [1.165, 1.54) is 6.20 Å². The largest absolute Gasteiger partial charge is 0.396 e. The third kappa shape index (κ3) is 2.60. The minimum atomic E-state index is -0.0626. The van der Waals surface area contributed by atoms with Gasteiger partial charge in [0.05, 0.1) is 11.3 Å². The molecule has 1 aliphatic heterocycles. The monoisotopic (exact) mass is 250 g/mol. The zero-order valence-electron chi connectivity index (χ0n) is 10.2. The van der Waals surface area contributed by atoms with Crippen LogP contribution in [0.2, 0.25) is 0 Å². The van der Waals surface area contributed by atoms with E-state index in [1.807, 2.05) is 0 Å². The van der Waals surface area contributed by atoms with Crippen LogP contribution in [0.25, 0.3) is 0 Å². The number of rotatable bonds is 3. The number of carbonyl (C=O) groups is 1. The molecular weight excluding hydrogens is 232 g/mol. The van der Waals surface area contributed by atoms with Crippen LogP contribution in [-0.4, -0.2) is 40.6 Å². The van der Waals surface area contributed by atoms with Crippen LogP contribution in [0, 0.1) is 5.92 Å². The summed E-state index contributed by atoms with van der Waals surface area (Å²) in [5.74, 6) is 5.63. The van der Waals surface area contributed by atoms with E-state index in [-0.39, 0.29) is 12.5 Å². The van der Waals surface area contributed by atoms with Gasteiger partial charge in [0.15, 0.2) is 0 Å². The molecule has 2 rings (SSSR count). The van der Waals surface area contributed by atoms with Gasteiger partial charge >= 0.3 is 0 Å². The number of nitrogens with one attached hydrogen (secondary N) is 1. The maximum atomic E-state index is 12.3. The number of carbonyl (C=O) groups excluding carboxylic acids is 1. The number of piperidine rings is 1. The molecule has 18 heavy (non-hydrogen) atoms. The summed E-state index contributed by atoms with van der Waals surface area (Å²) in [5.41, 5.74) is 3.58. The number of nitrogen functional groups attached to an aromatic ring is 1. The first-order valence-corrected chi connectivity index (χ1v) is 6.07. The lowest BCUT2D eigenvalue weighted by atomic mass is 9.97. The number of aromatic nitrogens is 1. The zero-order valence-corrected chi connectivity index (χ0v) is 10.2. The quantitative estimate of drug-likeness (QED) is 0.527. The second-order valence-electron chi connectivity index (χ2n) is 4.48. The molecule has 0 spiro atoms. The fraction of sp³-hybridized carbons (Fsp3) is 0.500. The van der Waals surface area contributed by atoms with Gasteiger partial charge in [-0.1, -0.05) is 0 Å². The Labute approximate surface area is 106 Å². The number of pyridine rings is 1. The zero-order chi connectivity index (χ0) is 13.0. The molecule has 98 valence electrons. The molecule has 1 aromatic heterocycles.